The largest absolute Gasteiger partial charge is 0.355 e. The third-order valence-corrected chi connectivity index (χ3v) is 1.82. The van der Waals surface area contributed by atoms with Gasteiger partial charge in [-0.1, -0.05) is 27.7 Å². The van der Waals surface area contributed by atoms with Gasteiger partial charge < -0.3 is 11.1 Å². The Kier molecular flexibility index (Phi) is 4.24. The van der Waals surface area contributed by atoms with E-state index in [2.05, 4.69) is 5.32 Å². The topological polar surface area (TPSA) is 55.1 Å². The van der Waals surface area contributed by atoms with Crippen molar-refractivity contribution in [2.24, 2.45) is 17.1 Å². The van der Waals surface area contributed by atoms with Gasteiger partial charge in [0.15, 0.2) is 0 Å². The molecule has 72 valence electrons. The van der Waals surface area contributed by atoms with E-state index in [1.807, 2.05) is 27.7 Å². The van der Waals surface area contributed by atoms with Gasteiger partial charge in [0, 0.05) is 12.5 Å². The summed E-state index contributed by atoms with van der Waals surface area (Å²) in [5.74, 6) is 0.148. The summed E-state index contributed by atoms with van der Waals surface area (Å²) in [5, 5.41) is 2.85. The first-order valence-corrected chi connectivity index (χ1v) is 4.37. The summed E-state index contributed by atoms with van der Waals surface area (Å²) in [6.45, 7) is 9.07. The molecule has 0 saturated carbocycles. The van der Waals surface area contributed by atoms with Gasteiger partial charge in [0.1, 0.15) is 0 Å². The molecule has 0 aromatic rings. The lowest BCUT2D eigenvalue weighted by Crippen LogP contribution is -2.39. The normalized spacial score (nSPS) is 11.8. The molecular formula is C9H20N2O. The van der Waals surface area contributed by atoms with Crippen molar-refractivity contribution >= 4 is 5.91 Å². The third kappa shape index (κ3) is 4.34. The molecule has 0 aromatic heterocycles. The molecule has 0 saturated heterocycles. The van der Waals surface area contributed by atoms with Crippen LogP contribution in [-0.2, 0) is 4.79 Å². The van der Waals surface area contributed by atoms with Crippen LogP contribution < -0.4 is 11.1 Å². The Bertz CT molecular complexity index is 153. The molecule has 0 radical (unpaired) electrons. The van der Waals surface area contributed by atoms with Crippen molar-refractivity contribution in [3.05, 3.63) is 0 Å². The van der Waals surface area contributed by atoms with Gasteiger partial charge >= 0.3 is 0 Å². The van der Waals surface area contributed by atoms with E-state index in [-0.39, 0.29) is 17.2 Å². The van der Waals surface area contributed by atoms with Crippen LogP contribution in [0.15, 0.2) is 0 Å². The van der Waals surface area contributed by atoms with Crippen LogP contribution in [0.1, 0.15) is 27.7 Å². The van der Waals surface area contributed by atoms with E-state index in [4.69, 9.17) is 5.73 Å². The number of hydrogen-bond acceptors (Lipinski definition) is 2. The number of carbonyl (C=O) groups is 1. The van der Waals surface area contributed by atoms with Crippen LogP contribution in [0, 0.1) is 11.3 Å². The van der Waals surface area contributed by atoms with Crippen molar-refractivity contribution in [2.75, 3.05) is 13.1 Å². The van der Waals surface area contributed by atoms with Gasteiger partial charge in [-0.3, -0.25) is 4.79 Å². The van der Waals surface area contributed by atoms with E-state index in [1.54, 1.807) is 0 Å². The Morgan fingerprint density at radius 3 is 2.33 bits per heavy atom. The lowest BCUT2D eigenvalue weighted by Gasteiger charge is -2.23. The summed E-state index contributed by atoms with van der Waals surface area (Å²) in [7, 11) is 0. The van der Waals surface area contributed by atoms with Gasteiger partial charge in [0.05, 0.1) is 0 Å². The maximum atomic E-state index is 11.2. The molecule has 0 aliphatic rings. The zero-order valence-electron chi connectivity index (χ0n) is 8.48. The van der Waals surface area contributed by atoms with E-state index in [9.17, 15) is 4.79 Å². The summed E-state index contributed by atoms with van der Waals surface area (Å²) in [4.78, 5) is 11.2. The lowest BCUT2D eigenvalue weighted by atomic mass is 9.94. The number of nitrogens with two attached hydrogens (primary N) is 1. The van der Waals surface area contributed by atoms with Crippen molar-refractivity contribution in [1.82, 2.24) is 5.32 Å². The molecule has 0 rings (SSSR count). The van der Waals surface area contributed by atoms with Crippen LogP contribution >= 0.6 is 0 Å². The molecule has 0 spiro atoms. The van der Waals surface area contributed by atoms with E-state index < -0.39 is 0 Å². The van der Waals surface area contributed by atoms with E-state index >= 15 is 0 Å². The second-order valence-electron chi connectivity index (χ2n) is 4.24. The molecule has 0 aliphatic heterocycles. The molecule has 3 N–H and O–H groups in total. The number of hydrogen-bond donors (Lipinski definition) is 2. The second kappa shape index (κ2) is 4.45. The molecule has 0 atom stereocenters. The van der Waals surface area contributed by atoms with Crippen molar-refractivity contribution in [3.63, 3.8) is 0 Å². The van der Waals surface area contributed by atoms with E-state index in [1.165, 1.54) is 0 Å². The molecule has 12 heavy (non-hydrogen) atoms. The number of amides is 1. The Hall–Kier alpha value is -0.570. The Balaban J connectivity index is 3.76. The average molecular weight is 172 g/mol. The zero-order chi connectivity index (χ0) is 9.78. The highest BCUT2D eigenvalue weighted by atomic mass is 16.1. The minimum atomic E-state index is 0.00451. The molecule has 0 aliphatic carbocycles. The summed E-state index contributed by atoms with van der Waals surface area (Å²) in [6.07, 6.45) is 0. The maximum absolute atomic E-state index is 11.2. The molecule has 0 fully saturated rings. The molecule has 0 unspecified atom stereocenters. The fourth-order valence-corrected chi connectivity index (χ4v) is 0.603. The Morgan fingerprint density at radius 1 is 1.50 bits per heavy atom. The SMILES string of the molecule is CC(C)C(=O)NCC(C)(C)CN. The predicted octanol–water partition coefficient (Wildman–Crippen LogP) is 0.743. The van der Waals surface area contributed by atoms with Crippen LogP contribution in [0.3, 0.4) is 0 Å². The second-order valence-corrected chi connectivity index (χ2v) is 4.24. The third-order valence-electron chi connectivity index (χ3n) is 1.82. The van der Waals surface area contributed by atoms with Crippen LogP contribution in [0.5, 0.6) is 0 Å². The van der Waals surface area contributed by atoms with Crippen molar-refractivity contribution < 1.29 is 4.79 Å². The highest BCUT2D eigenvalue weighted by Gasteiger charge is 2.17. The molecule has 3 nitrogen and oxygen atoms in total. The van der Waals surface area contributed by atoms with E-state index in [0.717, 1.165) is 0 Å². The van der Waals surface area contributed by atoms with Crippen LogP contribution in [0.25, 0.3) is 0 Å². The first kappa shape index (κ1) is 11.4. The van der Waals surface area contributed by atoms with E-state index in [0.29, 0.717) is 13.1 Å². The summed E-state index contributed by atoms with van der Waals surface area (Å²) in [5.41, 5.74) is 5.52. The molecule has 0 aromatic carbocycles. The predicted molar refractivity (Wildman–Crippen MR) is 50.7 cm³/mol. The number of carbonyl (C=O) groups excluding carboxylic acids is 1. The van der Waals surface area contributed by atoms with Crippen molar-refractivity contribution in [3.8, 4) is 0 Å². The number of rotatable bonds is 4. The highest BCUT2D eigenvalue weighted by molar-refractivity contribution is 5.77. The summed E-state index contributed by atoms with van der Waals surface area (Å²) in [6, 6.07) is 0. The molecule has 3 heteroatoms. The van der Waals surface area contributed by atoms with Gasteiger partial charge in [0.25, 0.3) is 0 Å². The van der Waals surface area contributed by atoms with Gasteiger partial charge in [-0.15, -0.1) is 0 Å². The summed E-state index contributed by atoms with van der Waals surface area (Å²) >= 11 is 0. The first-order valence-electron chi connectivity index (χ1n) is 4.37. The van der Waals surface area contributed by atoms with Gasteiger partial charge in [-0.2, -0.15) is 0 Å². The van der Waals surface area contributed by atoms with Crippen LogP contribution in [-0.4, -0.2) is 19.0 Å². The van der Waals surface area contributed by atoms with Gasteiger partial charge in [-0.05, 0) is 12.0 Å². The fourth-order valence-electron chi connectivity index (χ4n) is 0.603. The quantitative estimate of drug-likeness (QED) is 0.657. The zero-order valence-corrected chi connectivity index (χ0v) is 8.48. The minimum absolute atomic E-state index is 0.00451. The minimum Gasteiger partial charge on any atom is -0.355 e. The number of nitrogens with one attached hydrogen (secondary N) is 1. The van der Waals surface area contributed by atoms with Crippen LogP contribution in [0.2, 0.25) is 0 Å². The standard InChI is InChI=1S/C9H20N2O/c1-7(2)8(12)11-6-9(3,4)5-10/h7H,5-6,10H2,1-4H3,(H,11,12). The molecule has 0 heterocycles. The Morgan fingerprint density at radius 2 is 2.00 bits per heavy atom. The fraction of sp³-hybridized carbons (Fsp3) is 0.889. The average Bonchev–Trinajstić information content (AvgIpc) is 2.00. The lowest BCUT2D eigenvalue weighted by molar-refractivity contribution is -0.124. The smallest absolute Gasteiger partial charge is 0.222 e. The van der Waals surface area contributed by atoms with Gasteiger partial charge in [0.2, 0.25) is 5.91 Å². The monoisotopic (exact) mass is 172 g/mol. The van der Waals surface area contributed by atoms with Crippen molar-refractivity contribution in [1.29, 1.82) is 0 Å². The van der Waals surface area contributed by atoms with Crippen molar-refractivity contribution in [2.45, 2.75) is 27.7 Å². The Labute approximate surface area is 74.7 Å². The summed E-state index contributed by atoms with van der Waals surface area (Å²) < 4.78 is 0. The highest BCUT2D eigenvalue weighted by Crippen LogP contribution is 2.10. The molecular weight excluding hydrogens is 152 g/mol. The molecule has 1 amide bonds. The maximum Gasteiger partial charge on any atom is 0.222 e. The van der Waals surface area contributed by atoms with Crippen LogP contribution in [0.4, 0.5) is 0 Å². The van der Waals surface area contributed by atoms with Gasteiger partial charge in [-0.25, -0.2) is 0 Å². The molecule has 0 bridgehead atoms. The first-order chi connectivity index (χ1) is 5.39.